The third-order valence-corrected chi connectivity index (χ3v) is 6.25. The SMILES string of the molecule is CCCCNc1ncc2c(=O)n(C3CCOCC3)cc(C3CCCCC3)c2n1. The Morgan fingerprint density at radius 1 is 1.18 bits per heavy atom. The summed E-state index contributed by atoms with van der Waals surface area (Å²) in [5, 5.41) is 3.98. The van der Waals surface area contributed by atoms with Crippen LogP contribution in [-0.4, -0.2) is 34.3 Å². The van der Waals surface area contributed by atoms with Gasteiger partial charge in [0.1, 0.15) is 0 Å². The van der Waals surface area contributed by atoms with Crippen LogP contribution in [0.25, 0.3) is 10.9 Å². The lowest BCUT2D eigenvalue weighted by molar-refractivity contribution is 0.0687. The van der Waals surface area contributed by atoms with E-state index in [2.05, 4.69) is 23.4 Å². The molecule has 3 heterocycles. The highest BCUT2D eigenvalue weighted by molar-refractivity contribution is 5.81. The maximum Gasteiger partial charge on any atom is 0.261 e. The Morgan fingerprint density at radius 3 is 2.71 bits per heavy atom. The molecule has 1 saturated heterocycles. The van der Waals surface area contributed by atoms with Crippen LogP contribution in [0, 0.1) is 0 Å². The van der Waals surface area contributed by atoms with Crippen LogP contribution in [0.3, 0.4) is 0 Å². The number of nitrogens with zero attached hydrogens (tertiary/aromatic N) is 3. The Hall–Kier alpha value is -1.95. The monoisotopic (exact) mass is 384 g/mol. The minimum Gasteiger partial charge on any atom is -0.381 e. The summed E-state index contributed by atoms with van der Waals surface area (Å²) in [6.07, 6.45) is 14.1. The van der Waals surface area contributed by atoms with Gasteiger partial charge in [-0.05, 0) is 43.6 Å². The highest BCUT2D eigenvalue weighted by Crippen LogP contribution is 2.36. The van der Waals surface area contributed by atoms with E-state index in [0.29, 0.717) is 17.3 Å². The van der Waals surface area contributed by atoms with Crippen LogP contribution < -0.4 is 10.9 Å². The fraction of sp³-hybridized carbons (Fsp3) is 0.682. The van der Waals surface area contributed by atoms with Crippen LogP contribution in [0.1, 0.15) is 82.2 Å². The van der Waals surface area contributed by atoms with Crippen molar-refractivity contribution < 1.29 is 4.74 Å². The number of ether oxygens (including phenoxy) is 1. The smallest absolute Gasteiger partial charge is 0.261 e. The molecule has 6 heteroatoms. The van der Waals surface area contributed by atoms with E-state index >= 15 is 0 Å². The van der Waals surface area contributed by atoms with Gasteiger partial charge in [-0.15, -0.1) is 0 Å². The zero-order valence-corrected chi connectivity index (χ0v) is 17.0. The zero-order valence-electron chi connectivity index (χ0n) is 17.0. The zero-order chi connectivity index (χ0) is 19.3. The van der Waals surface area contributed by atoms with E-state index in [4.69, 9.17) is 9.72 Å². The molecular weight excluding hydrogens is 352 g/mol. The molecule has 0 unspecified atom stereocenters. The number of hydrogen-bond acceptors (Lipinski definition) is 5. The van der Waals surface area contributed by atoms with Crippen molar-refractivity contribution in [3.63, 3.8) is 0 Å². The molecule has 1 N–H and O–H groups in total. The van der Waals surface area contributed by atoms with Gasteiger partial charge in [0.15, 0.2) is 0 Å². The first-order valence-corrected chi connectivity index (χ1v) is 11.0. The third-order valence-electron chi connectivity index (χ3n) is 6.25. The van der Waals surface area contributed by atoms with Crippen molar-refractivity contribution >= 4 is 16.9 Å². The van der Waals surface area contributed by atoms with Crippen LogP contribution in [0.2, 0.25) is 0 Å². The number of aromatic nitrogens is 3. The fourth-order valence-electron chi connectivity index (χ4n) is 4.58. The van der Waals surface area contributed by atoms with Crippen molar-refractivity contribution in [2.75, 3.05) is 25.1 Å². The van der Waals surface area contributed by atoms with E-state index in [1.54, 1.807) is 6.20 Å². The van der Waals surface area contributed by atoms with Gasteiger partial charge in [-0.1, -0.05) is 32.6 Å². The fourth-order valence-corrected chi connectivity index (χ4v) is 4.58. The first kappa shape index (κ1) is 19.4. The second-order valence-electron chi connectivity index (χ2n) is 8.21. The predicted octanol–water partition coefficient (Wildman–Crippen LogP) is 4.40. The van der Waals surface area contributed by atoms with Gasteiger partial charge in [0.2, 0.25) is 5.95 Å². The number of pyridine rings is 1. The summed E-state index contributed by atoms with van der Waals surface area (Å²) >= 11 is 0. The average molecular weight is 385 g/mol. The lowest BCUT2D eigenvalue weighted by Gasteiger charge is -2.28. The van der Waals surface area contributed by atoms with Crippen molar-refractivity contribution in [2.24, 2.45) is 0 Å². The normalized spacial score (nSPS) is 19.2. The highest BCUT2D eigenvalue weighted by atomic mass is 16.5. The number of hydrogen-bond donors (Lipinski definition) is 1. The van der Waals surface area contributed by atoms with E-state index in [9.17, 15) is 4.79 Å². The Morgan fingerprint density at radius 2 is 1.96 bits per heavy atom. The molecule has 2 fully saturated rings. The molecule has 0 radical (unpaired) electrons. The van der Waals surface area contributed by atoms with Gasteiger partial charge in [-0.2, -0.15) is 0 Å². The summed E-state index contributed by atoms with van der Waals surface area (Å²) in [7, 11) is 0. The molecule has 2 aromatic heterocycles. The summed E-state index contributed by atoms with van der Waals surface area (Å²) in [5.74, 6) is 1.13. The molecule has 0 spiro atoms. The summed E-state index contributed by atoms with van der Waals surface area (Å²) in [4.78, 5) is 22.5. The van der Waals surface area contributed by atoms with E-state index in [1.807, 2.05) is 4.57 Å². The first-order chi connectivity index (χ1) is 13.8. The lowest BCUT2D eigenvalue weighted by atomic mass is 9.84. The van der Waals surface area contributed by atoms with Crippen molar-refractivity contribution in [2.45, 2.75) is 76.7 Å². The van der Waals surface area contributed by atoms with Crippen molar-refractivity contribution in [3.05, 3.63) is 28.3 Å². The van der Waals surface area contributed by atoms with Crippen LogP contribution in [0.4, 0.5) is 5.95 Å². The van der Waals surface area contributed by atoms with Gasteiger partial charge in [-0.25, -0.2) is 9.97 Å². The van der Waals surface area contributed by atoms with Gasteiger partial charge in [0, 0.05) is 38.2 Å². The molecule has 28 heavy (non-hydrogen) atoms. The van der Waals surface area contributed by atoms with E-state index in [0.717, 1.165) is 51.0 Å². The average Bonchev–Trinajstić information content (AvgIpc) is 2.75. The molecule has 2 aromatic rings. The Bertz CT molecular complexity index is 851. The molecule has 1 aliphatic heterocycles. The lowest BCUT2D eigenvalue weighted by Crippen LogP contribution is -2.30. The van der Waals surface area contributed by atoms with Crippen LogP contribution in [0.15, 0.2) is 17.2 Å². The van der Waals surface area contributed by atoms with Crippen LogP contribution in [-0.2, 0) is 4.74 Å². The molecule has 152 valence electrons. The van der Waals surface area contributed by atoms with Crippen LogP contribution >= 0.6 is 0 Å². The maximum atomic E-state index is 13.3. The number of anilines is 1. The second kappa shape index (κ2) is 9.03. The standard InChI is InChI=1S/C22H32N4O2/c1-2-3-11-23-22-24-14-18-20(25-22)19(16-7-5-4-6-8-16)15-26(21(18)27)17-9-12-28-13-10-17/h14-17H,2-13H2,1H3,(H,23,24,25). The topological polar surface area (TPSA) is 69.0 Å². The van der Waals surface area contributed by atoms with E-state index in [-0.39, 0.29) is 11.6 Å². The third kappa shape index (κ3) is 4.07. The molecule has 0 amide bonds. The Kier molecular flexibility index (Phi) is 6.25. The maximum absolute atomic E-state index is 13.3. The summed E-state index contributed by atoms with van der Waals surface area (Å²) < 4.78 is 7.47. The number of fused-ring (bicyclic) bond motifs is 1. The summed E-state index contributed by atoms with van der Waals surface area (Å²) in [6.45, 7) is 4.48. The predicted molar refractivity (Wildman–Crippen MR) is 112 cm³/mol. The van der Waals surface area contributed by atoms with Gasteiger partial charge in [-0.3, -0.25) is 4.79 Å². The minimum atomic E-state index is 0.0431. The molecule has 6 nitrogen and oxygen atoms in total. The quantitative estimate of drug-likeness (QED) is 0.748. The van der Waals surface area contributed by atoms with Crippen LogP contribution in [0.5, 0.6) is 0 Å². The molecular formula is C22H32N4O2. The molecule has 0 bridgehead atoms. The minimum absolute atomic E-state index is 0.0431. The van der Waals surface area contributed by atoms with Gasteiger partial charge < -0.3 is 14.6 Å². The van der Waals surface area contributed by atoms with Crippen molar-refractivity contribution in [3.8, 4) is 0 Å². The van der Waals surface area contributed by atoms with E-state index in [1.165, 1.54) is 37.7 Å². The molecule has 0 aromatic carbocycles. The van der Waals surface area contributed by atoms with Crippen molar-refractivity contribution in [1.29, 1.82) is 0 Å². The van der Waals surface area contributed by atoms with Gasteiger partial charge >= 0.3 is 0 Å². The second-order valence-corrected chi connectivity index (χ2v) is 8.21. The molecule has 2 aliphatic rings. The Labute approximate surface area is 166 Å². The Balaban J connectivity index is 1.78. The largest absolute Gasteiger partial charge is 0.381 e. The highest BCUT2D eigenvalue weighted by Gasteiger charge is 2.24. The molecule has 1 saturated carbocycles. The van der Waals surface area contributed by atoms with Gasteiger partial charge in [0.05, 0.1) is 10.9 Å². The molecule has 4 rings (SSSR count). The van der Waals surface area contributed by atoms with Gasteiger partial charge in [0.25, 0.3) is 5.56 Å². The van der Waals surface area contributed by atoms with Crippen molar-refractivity contribution in [1.82, 2.24) is 14.5 Å². The first-order valence-electron chi connectivity index (χ1n) is 11.0. The molecule has 1 aliphatic carbocycles. The number of nitrogens with one attached hydrogen (secondary N) is 1. The number of rotatable bonds is 6. The summed E-state index contributed by atoms with van der Waals surface area (Å²) in [6, 6.07) is 0.218. The summed E-state index contributed by atoms with van der Waals surface area (Å²) in [5.41, 5.74) is 2.14. The molecule has 0 atom stereocenters. The number of unbranched alkanes of at least 4 members (excludes halogenated alkanes) is 1. The van der Waals surface area contributed by atoms with E-state index < -0.39 is 0 Å².